The van der Waals surface area contributed by atoms with E-state index in [-0.39, 0.29) is 11.8 Å². The standard InChI is InChI=1S/C13H21NO2S/c1-4-14-12(3)8-9-17(15,16)13-7-5-6-11(2)10-13/h5-7,10,12,14H,4,8-9H2,1-3H3. The molecule has 1 aromatic carbocycles. The van der Waals surface area contributed by atoms with Crippen molar-refractivity contribution in [1.82, 2.24) is 5.32 Å². The molecular weight excluding hydrogens is 234 g/mol. The fourth-order valence-corrected chi connectivity index (χ4v) is 3.26. The van der Waals surface area contributed by atoms with Crippen molar-refractivity contribution in [3.8, 4) is 0 Å². The summed E-state index contributed by atoms with van der Waals surface area (Å²) < 4.78 is 24.1. The average Bonchev–Trinajstić information content (AvgIpc) is 2.27. The second-order valence-corrected chi connectivity index (χ2v) is 6.49. The average molecular weight is 255 g/mol. The molecule has 1 unspecified atom stereocenters. The van der Waals surface area contributed by atoms with Crippen molar-refractivity contribution >= 4 is 9.84 Å². The van der Waals surface area contributed by atoms with Gasteiger partial charge in [-0.25, -0.2) is 8.42 Å². The van der Waals surface area contributed by atoms with Gasteiger partial charge in [0, 0.05) is 6.04 Å². The van der Waals surface area contributed by atoms with Crippen LogP contribution in [0, 0.1) is 6.92 Å². The Bertz CT molecular complexity index is 454. The molecule has 96 valence electrons. The third-order valence-corrected chi connectivity index (χ3v) is 4.47. The molecule has 1 atom stereocenters. The summed E-state index contributed by atoms with van der Waals surface area (Å²) >= 11 is 0. The zero-order valence-corrected chi connectivity index (χ0v) is 11.5. The molecule has 0 saturated heterocycles. The lowest BCUT2D eigenvalue weighted by Crippen LogP contribution is -2.27. The highest BCUT2D eigenvalue weighted by molar-refractivity contribution is 7.91. The quantitative estimate of drug-likeness (QED) is 0.847. The minimum absolute atomic E-state index is 0.199. The van der Waals surface area contributed by atoms with Crippen LogP contribution in [0.1, 0.15) is 25.8 Å². The van der Waals surface area contributed by atoms with Crippen molar-refractivity contribution in [2.45, 2.75) is 38.1 Å². The van der Waals surface area contributed by atoms with Crippen molar-refractivity contribution in [3.05, 3.63) is 29.8 Å². The molecule has 0 amide bonds. The molecule has 0 spiro atoms. The van der Waals surface area contributed by atoms with E-state index < -0.39 is 9.84 Å². The first kappa shape index (κ1) is 14.2. The Morgan fingerprint density at radius 2 is 2.06 bits per heavy atom. The first-order valence-corrected chi connectivity index (χ1v) is 7.63. The van der Waals surface area contributed by atoms with E-state index in [2.05, 4.69) is 5.32 Å². The lowest BCUT2D eigenvalue weighted by atomic mass is 10.2. The molecule has 0 saturated carbocycles. The third kappa shape index (κ3) is 4.48. The van der Waals surface area contributed by atoms with E-state index in [0.717, 1.165) is 12.1 Å². The van der Waals surface area contributed by atoms with Gasteiger partial charge in [-0.1, -0.05) is 19.1 Å². The van der Waals surface area contributed by atoms with E-state index in [4.69, 9.17) is 0 Å². The van der Waals surface area contributed by atoms with Gasteiger partial charge in [0.15, 0.2) is 9.84 Å². The van der Waals surface area contributed by atoms with Crippen molar-refractivity contribution in [1.29, 1.82) is 0 Å². The first-order valence-electron chi connectivity index (χ1n) is 5.98. The van der Waals surface area contributed by atoms with E-state index in [1.54, 1.807) is 18.2 Å². The molecule has 1 aromatic rings. The van der Waals surface area contributed by atoms with Gasteiger partial charge in [0.25, 0.3) is 0 Å². The number of hydrogen-bond acceptors (Lipinski definition) is 3. The summed E-state index contributed by atoms with van der Waals surface area (Å²) in [6, 6.07) is 7.32. The molecule has 0 aliphatic heterocycles. The monoisotopic (exact) mass is 255 g/mol. The number of nitrogens with one attached hydrogen (secondary N) is 1. The summed E-state index contributed by atoms with van der Waals surface area (Å²) in [5.74, 6) is 0.199. The Labute approximate surface area is 104 Å². The van der Waals surface area contributed by atoms with Crippen molar-refractivity contribution in [3.63, 3.8) is 0 Å². The molecule has 3 nitrogen and oxygen atoms in total. The van der Waals surface area contributed by atoms with Crippen LogP contribution in [0.2, 0.25) is 0 Å². The molecule has 0 radical (unpaired) electrons. The SMILES string of the molecule is CCNC(C)CCS(=O)(=O)c1cccc(C)c1. The molecule has 4 heteroatoms. The molecule has 0 aromatic heterocycles. The van der Waals surface area contributed by atoms with Gasteiger partial charge >= 0.3 is 0 Å². The molecule has 0 heterocycles. The fourth-order valence-electron chi connectivity index (χ4n) is 1.71. The Balaban J connectivity index is 2.69. The fraction of sp³-hybridized carbons (Fsp3) is 0.538. The van der Waals surface area contributed by atoms with E-state index in [9.17, 15) is 8.42 Å². The Morgan fingerprint density at radius 1 is 1.35 bits per heavy atom. The van der Waals surface area contributed by atoms with Gasteiger partial charge in [-0.2, -0.15) is 0 Å². The molecule has 0 aliphatic carbocycles. The van der Waals surface area contributed by atoms with Gasteiger partial charge in [0.05, 0.1) is 10.6 Å². The second-order valence-electron chi connectivity index (χ2n) is 4.38. The van der Waals surface area contributed by atoms with Crippen LogP contribution in [0.3, 0.4) is 0 Å². The van der Waals surface area contributed by atoms with Crippen LogP contribution in [-0.4, -0.2) is 26.8 Å². The summed E-state index contributed by atoms with van der Waals surface area (Å²) in [4.78, 5) is 0.432. The van der Waals surface area contributed by atoms with E-state index in [1.165, 1.54) is 0 Å². The highest BCUT2D eigenvalue weighted by atomic mass is 32.2. The molecule has 1 N–H and O–H groups in total. The van der Waals surface area contributed by atoms with Crippen LogP contribution >= 0.6 is 0 Å². The van der Waals surface area contributed by atoms with E-state index in [0.29, 0.717) is 11.3 Å². The maximum absolute atomic E-state index is 12.1. The molecule has 17 heavy (non-hydrogen) atoms. The van der Waals surface area contributed by atoms with Crippen LogP contribution in [0.4, 0.5) is 0 Å². The highest BCUT2D eigenvalue weighted by Gasteiger charge is 2.15. The Morgan fingerprint density at radius 3 is 2.65 bits per heavy atom. The van der Waals surface area contributed by atoms with E-state index in [1.807, 2.05) is 26.8 Å². The number of rotatable bonds is 6. The summed E-state index contributed by atoms with van der Waals surface area (Å²) in [7, 11) is -3.14. The minimum atomic E-state index is -3.14. The number of benzene rings is 1. The van der Waals surface area contributed by atoms with Gasteiger partial charge in [-0.05, 0) is 44.5 Å². The van der Waals surface area contributed by atoms with Crippen LogP contribution in [-0.2, 0) is 9.84 Å². The normalized spacial score (nSPS) is 13.6. The topological polar surface area (TPSA) is 46.2 Å². The minimum Gasteiger partial charge on any atom is -0.314 e. The van der Waals surface area contributed by atoms with Gasteiger partial charge in [0.1, 0.15) is 0 Å². The summed E-state index contributed by atoms with van der Waals surface area (Å²) in [5, 5.41) is 3.22. The molecule has 0 fully saturated rings. The zero-order chi connectivity index (χ0) is 12.9. The maximum Gasteiger partial charge on any atom is 0.178 e. The van der Waals surface area contributed by atoms with Crippen LogP contribution in [0.15, 0.2) is 29.2 Å². The molecule has 0 aliphatic rings. The van der Waals surface area contributed by atoms with Crippen LogP contribution in [0.5, 0.6) is 0 Å². The lowest BCUT2D eigenvalue weighted by molar-refractivity contribution is 0.541. The molecule has 0 bridgehead atoms. The van der Waals surface area contributed by atoms with Crippen LogP contribution in [0.25, 0.3) is 0 Å². The van der Waals surface area contributed by atoms with Gasteiger partial charge in [-0.3, -0.25) is 0 Å². The first-order chi connectivity index (χ1) is 7.95. The predicted octanol–water partition coefficient (Wildman–Crippen LogP) is 2.16. The smallest absolute Gasteiger partial charge is 0.178 e. The highest BCUT2D eigenvalue weighted by Crippen LogP contribution is 2.14. The summed E-state index contributed by atoms with van der Waals surface area (Å²) in [5.41, 5.74) is 0.978. The molecule has 1 rings (SSSR count). The maximum atomic E-state index is 12.1. The number of hydrogen-bond donors (Lipinski definition) is 1. The van der Waals surface area contributed by atoms with Gasteiger partial charge < -0.3 is 5.32 Å². The van der Waals surface area contributed by atoms with Crippen molar-refractivity contribution < 1.29 is 8.42 Å². The summed E-state index contributed by atoms with van der Waals surface area (Å²) in [6.07, 6.45) is 0.643. The Hall–Kier alpha value is -0.870. The zero-order valence-electron chi connectivity index (χ0n) is 10.7. The van der Waals surface area contributed by atoms with Gasteiger partial charge in [-0.15, -0.1) is 0 Å². The van der Waals surface area contributed by atoms with Gasteiger partial charge in [0.2, 0.25) is 0 Å². The summed E-state index contributed by atoms with van der Waals surface area (Å²) in [6.45, 7) is 6.80. The van der Waals surface area contributed by atoms with Crippen molar-refractivity contribution in [2.24, 2.45) is 0 Å². The lowest BCUT2D eigenvalue weighted by Gasteiger charge is -2.12. The van der Waals surface area contributed by atoms with E-state index >= 15 is 0 Å². The van der Waals surface area contributed by atoms with Crippen LogP contribution < -0.4 is 5.32 Å². The third-order valence-electron chi connectivity index (χ3n) is 2.72. The van der Waals surface area contributed by atoms with Crippen molar-refractivity contribution in [2.75, 3.05) is 12.3 Å². The Kier molecular flexibility index (Phi) is 5.15. The number of aryl methyl sites for hydroxylation is 1. The second kappa shape index (κ2) is 6.17. The number of sulfone groups is 1. The predicted molar refractivity (Wildman–Crippen MR) is 71.0 cm³/mol. The largest absolute Gasteiger partial charge is 0.314 e. The molecular formula is C13H21NO2S.